The van der Waals surface area contributed by atoms with Crippen LogP contribution in [0.2, 0.25) is 0 Å². The number of carbonyl (C=O) groups is 6. The van der Waals surface area contributed by atoms with Gasteiger partial charge in [-0.05, 0) is 62.1 Å². The maximum atomic E-state index is 13.2. The van der Waals surface area contributed by atoms with Crippen molar-refractivity contribution in [3.05, 3.63) is 59.2 Å². The van der Waals surface area contributed by atoms with Crippen LogP contribution in [0.4, 0.5) is 11.4 Å². The molecule has 0 bridgehead atoms. The SMILES string of the molecule is CCCCNc1ccc(C(=O)OCCOCCOCCOCCOCCOCCCCCC(=O)Nc2cccc3c2C(=O)N(C2CCC(=O)NC2=O)C3=O)cc1. The second-order valence-electron chi connectivity index (χ2n) is 13.1. The Balaban J connectivity index is 0.907. The summed E-state index contributed by atoms with van der Waals surface area (Å²) in [5.41, 5.74) is 1.85. The van der Waals surface area contributed by atoms with Crippen LogP contribution in [0.15, 0.2) is 42.5 Å². The van der Waals surface area contributed by atoms with Crippen LogP contribution < -0.4 is 16.0 Å². The summed E-state index contributed by atoms with van der Waals surface area (Å²) in [4.78, 5) is 75.7. The minimum absolute atomic E-state index is 0.0262. The van der Waals surface area contributed by atoms with Crippen LogP contribution in [-0.4, -0.2) is 126 Å². The number of rotatable bonds is 28. The van der Waals surface area contributed by atoms with Gasteiger partial charge >= 0.3 is 5.97 Å². The van der Waals surface area contributed by atoms with Gasteiger partial charge in [0.25, 0.3) is 11.8 Å². The van der Waals surface area contributed by atoms with E-state index in [-0.39, 0.29) is 61.2 Å². The normalized spacial score (nSPS) is 15.2. The van der Waals surface area contributed by atoms with Crippen molar-refractivity contribution >= 4 is 46.9 Å². The molecular weight excluding hydrogens is 728 g/mol. The van der Waals surface area contributed by atoms with E-state index >= 15 is 0 Å². The average molecular weight is 783 g/mol. The van der Waals surface area contributed by atoms with E-state index in [0.717, 1.165) is 42.8 Å². The fraction of sp³-hybridized carbons (Fsp3) is 0.550. The molecule has 1 unspecified atom stereocenters. The number of piperidine rings is 1. The first-order valence-electron chi connectivity index (χ1n) is 19.3. The Morgan fingerprint density at radius 1 is 0.732 bits per heavy atom. The number of nitrogens with one attached hydrogen (secondary N) is 3. The van der Waals surface area contributed by atoms with E-state index in [0.29, 0.717) is 71.4 Å². The predicted octanol–water partition coefficient (Wildman–Crippen LogP) is 3.74. The third-order valence-corrected chi connectivity index (χ3v) is 8.86. The molecule has 3 N–H and O–H groups in total. The number of fused-ring (bicyclic) bond motifs is 1. The summed E-state index contributed by atoms with van der Waals surface area (Å²) < 4.78 is 32.8. The number of unbranched alkanes of at least 4 members (excludes halogenated alkanes) is 3. The molecule has 2 aromatic rings. The standard InChI is InChI=1S/C40H54N4O12/c1-2-3-17-41-30-13-11-29(12-14-30)40(50)56-28-27-55-26-25-54-24-23-53-22-21-52-20-19-51-18-6-4-5-10-34(45)42-32-9-7-8-31-36(32)39(49)44(38(31)48)33-15-16-35(46)43-37(33)47/h7-9,11-14,33,41H,2-6,10,15-28H2,1H3,(H,42,45)(H,43,46,47). The van der Waals surface area contributed by atoms with Gasteiger partial charge in [0.2, 0.25) is 17.7 Å². The van der Waals surface area contributed by atoms with Crippen LogP contribution in [0, 0.1) is 0 Å². The molecular formula is C40H54N4O12. The van der Waals surface area contributed by atoms with Gasteiger partial charge in [0.1, 0.15) is 12.6 Å². The fourth-order valence-corrected chi connectivity index (χ4v) is 5.89. The number of ether oxygens (including phenoxy) is 6. The first-order chi connectivity index (χ1) is 27.3. The molecule has 56 heavy (non-hydrogen) atoms. The van der Waals surface area contributed by atoms with Crippen LogP contribution in [-0.2, 0) is 42.8 Å². The van der Waals surface area contributed by atoms with Gasteiger partial charge in [0.05, 0.1) is 81.8 Å². The first kappa shape index (κ1) is 44.0. The third kappa shape index (κ3) is 14.4. The predicted molar refractivity (Wildman–Crippen MR) is 204 cm³/mol. The molecule has 0 aliphatic carbocycles. The van der Waals surface area contributed by atoms with Gasteiger partial charge in [-0.2, -0.15) is 0 Å². The minimum Gasteiger partial charge on any atom is -0.460 e. The molecule has 4 rings (SSSR count). The summed E-state index contributed by atoms with van der Waals surface area (Å²) in [6, 6.07) is 10.7. The molecule has 2 aliphatic rings. The highest BCUT2D eigenvalue weighted by Gasteiger charge is 2.45. The minimum atomic E-state index is -1.08. The van der Waals surface area contributed by atoms with Crippen LogP contribution in [0.1, 0.15) is 89.4 Å². The molecule has 0 radical (unpaired) electrons. The number of carbonyl (C=O) groups excluding carboxylic acids is 6. The summed E-state index contributed by atoms with van der Waals surface area (Å²) in [7, 11) is 0. The van der Waals surface area contributed by atoms with E-state index in [4.69, 9.17) is 28.4 Å². The molecule has 1 fully saturated rings. The van der Waals surface area contributed by atoms with Gasteiger partial charge in [-0.25, -0.2) is 4.79 Å². The largest absolute Gasteiger partial charge is 0.460 e. The number of anilines is 2. The van der Waals surface area contributed by atoms with Crippen molar-refractivity contribution in [1.29, 1.82) is 0 Å². The van der Waals surface area contributed by atoms with E-state index in [1.165, 1.54) is 6.07 Å². The molecule has 16 nitrogen and oxygen atoms in total. The number of imide groups is 2. The maximum absolute atomic E-state index is 13.2. The molecule has 16 heteroatoms. The molecule has 2 aliphatic heterocycles. The lowest BCUT2D eigenvalue weighted by Gasteiger charge is -2.27. The van der Waals surface area contributed by atoms with Crippen molar-refractivity contribution < 1.29 is 57.2 Å². The van der Waals surface area contributed by atoms with Crippen molar-refractivity contribution in [2.45, 2.75) is 64.3 Å². The lowest BCUT2D eigenvalue weighted by Crippen LogP contribution is -2.54. The molecule has 1 saturated heterocycles. The molecule has 0 spiro atoms. The van der Waals surface area contributed by atoms with Gasteiger partial charge in [-0.3, -0.25) is 34.2 Å². The van der Waals surface area contributed by atoms with Crippen molar-refractivity contribution in [3.63, 3.8) is 0 Å². The number of benzene rings is 2. The second-order valence-corrected chi connectivity index (χ2v) is 13.1. The van der Waals surface area contributed by atoms with Gasteiger partial charge in [0.15, 0.2) is 0 Å². The molecule has 306 valence electrons. The zero-order chi connectivity index (χ0) is 40.0. The van der Waals surface area contributed by atoms with Crippen molar-refractivity contribution in [2.75, 3.05) is 89.9 Å². The highest BCUT2D eigenvalue weighted by molar-refractivity contribution is 6.26. The van der Waals surface area contributed by atoms with Crippen molar-refractivity contribution in [1.82, 2.24) is 10.2 Å². The Morgan fingerprint density at radius 3 is 1.98 bits per heavy atom. The van der Waals surface area contributed by atoms with E-state index in [1.807, 2.05) is 12.1 Å². The zero-order valence-electron chi connectivity index (χ0n) is 32.1. The summed E-state index contributed by atoms with van der Waals surface area (Å²) in [6.45, 7) is 7.38. The van der Waals surface area contributed by atoms with Gasteiger partial charge < -0.3 is 39.1 Å². The summed E-state index contributed by atoms with van der Waals surface area (Å²) >= 11 is 0. The second kappa shape index (κ2) is 24.7. The topological polar surface area (TPSA) is 197 Å². The van der Waals surface area contributed by atoms with Gasteiger partial charge in [-0.15, -0.1) is 0 Å². The van der Waals surface area contributed by atoms with Crippen molar-refractivity contribution in [2.24, 2.45) is 0 Å². The summed E-state index contributed by atoms with van der Waals surface area (Å²) in [5, 5.41) is 8.21. The van der Waals surface area contributed by atoms with E-state index < -0.39 is 29.7 Å². The Morgan fingerprint density at radius 2 is 1.36 bits per heavy atom. The highest BCUT2D eigenvalue weighted by Crippen LogP contribution is 2.32. The lowest BCUT2D eigenvalue weighted by molar-refractivity contribution is -0.136. The van der Waals surface area contributed by atoms with Crippen LogP contribution >= 0.6 is 0 Å². The fourth-order valence-electron chi connectivity index (χ4n) is 5.89. The Bertz CT molecular complexity index is 1600. The highest BCUT2D eigenvalue weighted by atomic mass is 16.6. The number of amides is 5. The molecule has 2 aromatic carbocycles. The smallest absolute Gasteiger partial charge is 0.338 e. The van der Waals surface area contributed by atoms with Crippen LogP contribution in [0.25, 0.3) is 0 Å². The summed E-state index contributed by atoms with van der Waals surface area (Å²) in [6.07, 6.45) is 4.64. The van der Waals surface area contributed by atoms with E-state index in [2.05, 4.69) is 22.9 Å². The molecule has 5 amide bonds. The number of nitrogens with zero attached hydrogens (tertiary/aromatic N) is 1. The van der Waals surface area contributed by atoms with Gasteiger partial charge in [-0.1, -0.05) is 25.8 Å². The molecule has 0 aromatic heterocycles. The molecule has 0 saturated carbocycles. The first-order valence-corrected chi connectivity index (χ1v) is 19.3. The quantitative estimate of drug-likeness (QED) is 0.0642. The number of esters is 1. The molecule has 2 heterocycles. The third-order valence-electron chi connectivity index (χ3n) is 8.86. The van der Waals surface area contributed by atoms with E-state index in [9.17, 15) is 28.8 Å². The molecule has 1 atom stereocenters. The summed E-state index contributed by atoms with van der Waals surface area (Å²) in [5.74, 6) is -3.11. The van der Waals surface area contributed by atoms with Crippen LogP contribution in [0.3, 0.4) is 0 Å². The number of hydrogen-bond acceptors (Lipinski definition) is 13. The average Bonchev–Trinajstić information content (AvgIpc) is 3.44. The van der Waals surface area contributed by atoms with Gasteiger partial charge in [0, 0.05) is 31.7 Å². The van der Waals surface area contributed by atoms with Crippen molar-refractivity contribution in [3.8, 4) is 0 Å². The lowest BCUT2D eigenvalue weighted by atomic mass is 10.0. The van der Waals surface area contributed by atoms with Crippen LogP contribution in [0.5, 0.6) is 0 Å². The Labute approximate surface area is 327 Å². The van der Waals surface area contributed by atoms with E-state index in [1.54, 1.807) is 24.3 Å². The maximum Gasteiger partial charge on any atom is 0.338 e. The Kier molecular flexibility index (Phi) is 19.4. The monoisotopic (exact) mass is 782 g/mol. The zero-order valence-corrected chi connectivity index (χ0v) is 32.1. The number of hydrogen-bond donors (Lipinski definition) is 3. The Hall–Kier alpha value is -4.74.